The zero-order valence-corrected chi connectivity index (χ0v) is 11.3. The molecule has 1 heterocycles. The van der Waals surface area contributed by atoms with Crippen molar-refractivity contribution >= 4 is 5.82 Å². The second-order valence-electron chi connectivity index (χ2n) is 5.57. The lowest BCUT2D eigenvalue weighted by Crippen LogP contribution is -2.04. The first-order valence-electron chi connectivity index (χ1n) is 6.86. The van der Waals surface area contributed by atoms with Crippen molar-refractivity contribution in [2.75, 3.05) is 5.73 Å². The predicted octanol–water partition coefficient (Wildman–Crippen LogP) is 3.84. The molecule has 1 saturated carbocycles. The Balaban J connectivity index is 2.11. The smallest absolute Gasteiger partial charge is 0.153 e. The molecular formula is C15H17F2N3. The molecule has 1 fully saturated rings. The number of halogens is 2. The van der Waals surface area contributed by atoms with Crippen LogP contribution in [0.15, 0.2) is 18.2 Å². The fourth-order valence-corrected chi connectivity index (χ4v) is 3.21. The van der Waals surface area contributed by atoms with Crippen LogP contribution in [0.2, 0.25) is 0 Å². The summed E-state index contributed by atoms with van der Waals surface area (Å²) in [6.07, 6.45) is 3.36. The summed E-state index contributed by atoms with van der Waals surface area (Å²) in [4.78, 5) is 0. The van der Waals surface area contributed by atoms with E-state index in [1.165, 1.54) is 12.1 Å². The largest absolute Gasteiger partial charge is 0.382 e. The number of nitrogen functional groups attached to an aromatic ring is 1. The maximum absolute atomic E-state index is 13.4. The van der Waals surface area contributed by atoms with Crippen molar-refractivity contribution < 1.29 is 8.78 Å². The molecule has 2 aromatic rings. The van der Waals surface area contributed by atoms with Crippen LogP contribution in [0.25, 0.3) is 11.1 Å². The van der Waals surface area contributed by atoms with E-state index in [0.29, 0.717) is 28.8 Å². The highest BCUT2D eigenvalue weighted by Gasteiger charge is 2.30. The predicted molar refractivity (Wildman–Crippen MR) is 74.1 cm³/mol. The summed E-state index contributed by atoms with van der Waals surface area (Å²) in [5.41, 5.74) is 7.89. The summed E-state index contributed by atoms with van der Waals surface area (Å²) in [6, 6.07) is 3.46. The van der Waals surface area contributed by atoms with Crippen molar-refractivity contribution in [1.82, 2.24) is 10.2 Å². The van der Waals surface area contributed by atoms with Gasteiger partial charge in [0.1, 0.15) is 11.6 Å². The van der Waals surface area contributed by atoms with Gasteiger partial charge in [0.25, 0.3) is 0 Å². The average molecular weight is 277 g/mol. The molecule has 0 radical (unpaired) electrons. The molecule has 1 aliphatic carbocycles. The van der Waals surface area contributed by atoms with Gasteiger partial charge in [-0.05, 0) is 30.0 Å². The van der Waals surface area contributed by atoms with E-state index in [2.05, 4.69) is 17.1 Å². The first kappa shape index (κ1) is 13.1. The van der Waals surface area contributed by atoms with E-state index in [4.69, 9.17) is 5.73 Å². The highest BCUT2D eigenvalue weighted by molar-refractivity contribution is 5.76. The molecule has 5 heteroatoms. The quantitative estimate of drug-likeness (QED) is 0.876. The number of nitrogens with two attached hydrogens (primary N) is 1. The number of aromatic amines is 1. The molecule has 0 amide bonds. The van der Waals surface area contributed by atoms with Gasteiger partial charge in [-0.2, -0.15) is 5.10 Å². The molecule has 1 aliphatic rings. The van der Waals surface area contributed by atoms with Crippen molar-refractivity contribution in [2.45, 2.75) is 32.1 Å². The number of hydrogen-bond acceptors (Lipinski definition) is 2. The van der Waals surface area contributed by atoms with Gasteiger partial charge in [0.05, 0.1) is 0 Å². The maximum Gasteiger partial charge on any atom is 0.153 e. The van der Waals surface area contributed by atoms with Crippen molar-refractivity contribution in [1.29, 1.82) is 0 Å². The lowest BCUT2D eigenvalue weighted by atomic mass is 9.90. The van der Waals surface area contributed by atoms with E-state index in [0.717, 1.165) is 31.0 Å². The van der Waals surface area contributed by atoms with Crippen molar-refractivity contribution in [2.24, 2.45) is 5.92 Å². The van der Waals surface area contributed by atoms with Gasteiger partial charge in [-0.1, -0.05) is 19.8 Å². The van der Waals surface area contributed by atoms with Gasteiger partial charge >= 0.3 is 0 Å². The standard InChI is InChI=1S/C15H17F2N3/c1-8-3-2-4-12(8)14-13(15(18)20-19-14)9-5-10(16)7-11(17)6-9/h5-8,12H,2-4H2,1H3,(H3,18,19,20). The first-order chi connectivity index (χ1) is 9.56. The Morgan fingerprint density at radius 1 is 1.20 bits per heavy atom. The summed E-state index contributed by atoms with van der Waals surface area (Å²) < 4.78 is 26.9. The Kier molecular flexibility index (Phi) is 3.20. The minimum atomic E-state index is -0.606. The van der Waals surface area contributed by atoms with Crippen molar-refractivity contribution in [3.63, 3.8) is 0 Å². The molecule has 0 bridgehead atoms. The molecule has 106 valence electrons. The molecule has 20 heavy (non-hydrogen) atoms. The van der Waals surface area contributed by atoms with Gasteiger partial charge in [-0.3, -0.25) is 5.10 Å². The summed E-state index contributed by atoms with van der Waals surface area (Å²) in [5, 5.41) is 7.00. The lowest BCUT2D eigenvalue weighted by molar-refractivity contribution is 0.522. The normalized spacial score (nSPS) is 22.4. The van der Waals surface area contributed by atoms with Crippen LogP contribution < -0.4 is 5.73 Å². The van der Waals surface area contributed by atoms with E-state index in [9.17, 15) is 8.78 Å². The molecule has 1 aromatic carbocycles. The third kappa shape index (κ3) is 2.17. The number of aromatic nitrogens is 2. The second kappa shape index (κ2) is 4.89. The molecule has 2 atom stereocenters. The number of nitrogens with zero attached hydrogens (tertiary/aromatic N) is 1. The van der Waals surface area contributed by atoms with E-state index >= 15 is 0 Å². The van der Waals surface area contributed by atoms with E-state index in [-0.39, 0.29) is 0 Å². The number of benzene rings is 1. The van der Waals surface area contributed by atoms with E-state index in [1.807, 2.05) is 0 Å². The highest BCUT2D eigenvalue weighted by atomic mass is 19.1. The molecule has 3 nitrogen and oxygen atoms in total. The molecule has 0 aliphatic heterocycles. The number of rotatable bonds is 2. The number of H-pyrrole nitrogens is 1. The lowest BCUT2D eigenvalue weighted by Gasteiger charge is -2.15. The molecule has 2 unspecified atom stereocenters. The first-order valence-corrected chi connectivity index (χ1v) is 6.86. The maximum atomic E-state index is 13.4. The van der Waals surface area contributed by atoms with Crippen LogP contribution in [0, 0.1) is 17.6 Å². The highest BCUT2D eigenvalue weighted by Crippen LogP contribution is 2.43. The van der Waals surface area contributed by atoms with Gasteiger partial charge in [0, 0.05) is 23.2 Å². The third-order valence-corrected chi connectivity index (χ3v) is 4.21. The Bertz CT molecular complexity index is 616. The fraction of sp³-hybridized carbons (Fsp3) is 0.400. The number of nitrogens with one attached hydrogen (secondary N) is 1. The molecular weight excluding hydrogens is 260 g/mol. The molecule has 0 saturated heterocycles. The molecule has 0 spiro atoms. The van der Waals surface area contributed by atoms with Gasteiger partial charge < -0.3 is 5.73 Å². The van der Waals surface area contributed by atoms with Crippen LogP contribution in [0.5, 0.6) is 0 Å². The van der Waals surface area contributed by atoms with Crippen LogP contribution >= 0.6 is 0 Å². The summed E-state index contributed by atoms with van der Waals surface area (Å²) in [7, 11) is 0. The van der Waals surface area contributed by atoms with E-state index < -0.39 is 11.6 Å². The van der Waals surface area contributed by atoms with Gasteiger partial charge in [-0.15, -0.1) is 0 Å². The van der Waals surface area contributed by atoms with Crippen LogP contribution in [-0.4, -0.2) is 10.2 Å². The van der Waals surface area contributed by atoms with Crippen molar-refractivity contribution in [3.05, 3.63) is 35.5 Å². The summed E-state index contributed by atoms with van der Waals surface area (Å²) in [6.45, 7) is 2.19. The topological polar surface area (TPSA) is 54.7 Å². The SMILES string of the molecule is CC1CCCC1c1[nH]nc(N)c1-c1cc(F)cc(F)c1. The van der Waals surface area contributed by atoms with Crippen LogP contribution in [-0.2, 0) is 0 Å². The van der Waals surface area contributed by atoms with Crippen LogP contribution in [0.3, 0.4) is 0 Å². The molecule has 3 N–H and O–H groups in total. The van der Waals surface area contributed by atoms with Crippen LogP contribution in [0.1, 0.15) is 37.8 Å². The summed E-state index contributed by atoms with van der Waals surface area (Å²) >= 11 is 0. The zero-order chi connectivity index (χ0) is 14.3. The zero-order valence-electron chi connectivity index (χ0n) is 11.3. The van der Waals surface area contributed by atoms with Crippen LogP contribution in [0.4, 0.5) is 14.6 Å². The summed E-state index contributed by atoms with van der Waals surface area (Å²) in [5.74, 6) is -0.0747. The average Bonchev–Trinajstić information content (AvgIpc) is 2.93. The second-order valence-corrected chi connectivity index (χ2v) is 5.57. The Morgan fingerprint density at radius 3 is 2.50 bits per heavy atom. The van der Waals surface area contributed by atoms with Gasteiger partial charge in [0.2, 0.25) is 0 Å². The monoisotopic (exact) mass is 277 g/mol. The third-order valence-electron chi connectivity index (χ3n) is 4.21. The Labute approximate surface area is 116 Å². The molecule has 1 aromatic heterocycles. The minimum Gasteiger partial charge on any atom is -0.382 e. The fourth-order valence-electron chi connectivity index (χ4n) is 3.21. The van der Waals surface area contributed by atoms with Gasteiger partial charge in [0.15, 0.2) is 5.82 Å². The molecule has 3 rings (SSSR count). The Morgan fingerprint density at radius 2 is 1.90 bits per heavy atom. The minimum absolute atomic E-state index is 0.295. The van der Waals surface area contributed by atoms with E-state index in [1.54, 1.807) is 0 Å². The number of hydrogen-bond donors (Lipinski definition) is 2. The van der Waals surface area contributed by atoms with Gasteiger partial charge in [-0.25, -0.2) is 8.78 Å². The Hall–Kier alpha value is -1.91. The number of anilines is 1. The van der Waals surface area contributed by atoms with Crippen molar-refractivity contribution in [3.8, 4) is 11.1 Å².